The zero-order valence-electron chi connectivity index (χ0n) is 13.3. The van der Waals surface area contributed by atoms with Crippen molar-refractivity contribution in [3.05, 3.63) is 72.3 Å². The standard InChI is InChI=1S/C19H17NO4/c1-2-23-16-8-6-15(7-9-16)17-4-3-5-18(20-17)19(21)24-13-14-10-11-22-12-14/h3-12H,2,13H2,1H3. The minimum Gasteiger partial charge on any atom is -0.494 e. The van der Waals surface area contributed by atoms with Crippen molar-refractivity contribution in [3.63, 3.8) is 0 Å². The number of hydrogen-bond acceptors (Lipinski definition) is 5. The minimum atomic E-state index is -0.469. The molecule has 2 heterocycles. The number of ether oxygens (including phenoxy) is 2. The van der Waals surface area contributed by atoms with Gasteiger partial charge in [-0.1, -0.05) is 6.07 Å². The Balaban J connectivity index is 1.72. The molecule has 3 rings (SSSR count). The van der Waals surface area contributed by atoms with E-state index in [-0.39, 0.29) is 12.3 Å². The van der Waals surface area contributed by atoms with Gasteiger partial charge in [0.1, 0.15) is 18.1 Å². The van der Waals surface area contributed by atoms with E-state index in [9.17, 15) is 4.79 Å². The van der Waals surface area contributed by atoms with Crippen LogP contribution in [0.1, 0.15) is 23.0 Å². The van der Waals surface area contributed by atoms with E-state index in [1.165, 1.54) is 12.5 Å². The Kier molecular flexibility index (Phi) is 4.91. The summed E-state index contributed by atoms with van der Waals surface area (Å²) in [6, 6.07) is 14.6. The third-order valence-corrected chi connectivity index (χ3v) is 3.37. The number of carbonyl (C=O) groups excluding carboxylic acids is 1. The number of nitrogens with zero attached hydrogens (tertiary/aromatic N) is 1. The van der Waals surface area contributed by atoms with Crippen LogP contribution in [0.3, 0.4) is 0 Å². The zero-order chi connectivity index (χ0) is 16.8. The molecule has 0 aliphatic heterocycles. The fraction of sp³-hybridized carbons (Fsp3) is 0.158. The molecule has 0 atom stereocenters. The first kappa shape index (κ1) is 15.8. The summed E-state index contributed by atoms with van der Waals surface area (Å²) >= 11 is 0. The van der Waals surface area contributed by atoms with Crippen molar-refractivity contribution in [2.75, 3.05) is 6.61 Å². The molecule has 0 N–H and O–H groups in total. The van der Waals surface area contributed by atoms with E-state index in [1.54, 1.807) is 18.2 Å². The topological polar surface area (TPSA) is 61.6 Å². The molecule has 3 aromatic rings. The number of furan rings is 1. The lowest BCUT2D eigenvalue weighted by Crippen LogP contribution is -2.07. The SMILES string of the molecule is CCOc1ccc(-c2cccc(C(=O)OCc3ccoc3)n2)cc1. The van der Waals surface area contributed by atoms with Crippen LogP contribution in [0.4, 0.5) is 0 Å². The molecule has 0 amide bonds. The van der Waals surface area contributed by atoms with Gasteiger partial charge in [-0.3, -0.25) is 0 Å². The van der Waals surface area contributed by atoms with Crippen LogP contribution in [0.5, 0.6) is 5.75 Å². The maximum atomic E-state index is 12.1. The highest BCUT2D eigenvalue weighted by molar-refractivity contribution is 5.87. The monoisotopic (exact) mass is 323 g/mol. The highest BCUT2D eigenvalue weighted by Crippen LogP contribution is 2.21. The lowest BCUT2D eigenvalue weighted by atomic mass is 10.1. The number of benzene rings is 1. The Hall–Kier alpha value is -3.08. The Morgan fingerprint density at radius 2 is 1.96 bits per heavy atom. The van der Waals surface area contributed by atoms with Crippen molar-refractivity contribution in [2.24, 2.45) is 0 Å². The Labute approximate surface area is 139 Å². The first-order chi connectivity index (χ1) is 11.8. The van der Waals surface area contributed by atoms with Crippen LogP contribution in [0.25, 0.3) is 11.3 Å². The number of pyridine rings is 1. The van der Waals surface area contributed by atoms with Crippen LogP contribution in [0, 0.1) is 0 Å². The summed E-state index contributed by atoms with van der Waals surface area (Å²) < 4.78 is 15.6. The van der Waals surface area contributed by atoms with Crippen LogP contribution in [0.2, 0.25) is 0 Å². The Morgan fingerprint density at radius 1 is 1.12 bits per heavy atom. The molecule has 0 saturated carbocycles. The molecule has 0 radical (unpaired) electrons. The first-order valence-electron chi connectivity index (χ1n) is 7.65. The lowest BCUT2D eigenvalue weighted by molar-refractivity contribution is 0.0465. The molecule has 0 aliphatic carbocycles. The molecule has 0 unspecified atom stereocenters. The molecule has 0 aliphatic rings. The maximum Gasteiger partial charge on any atom is 0.357 e. The van der Waals surface area contributed by atoms with Crippen molar-refractivity contribution in [1.82, 2.24) is 4.98 Å². The lowest BCUT2D eigenvalue weighted by Gasteiger charge is -2.07. The Bertz CT molecular complexity index is 794. The molecule has 0 saturated heterocycles. The van der Waals surface area contributed by atoms with Gasteiger partial charge in [0.25, 0.3) is 0 Å². The summed E-state index contributed by atoms with van der Waals surface area (Å²) in [5.41, 5.74) is 2.68. The van der Waals surface area contributed by atoms with Gasteiger partial charge in [0.05, 0.1) is 24.8 Å². The molecular weight excluding hydrogens is 306 g/mol. The van der Waals surface area contributed by atoms with Gasteiger partial charge in [-0.2, -0.15) is 0 Å². The molecule has 122 valence electrons. The van der Waals surface area contributed by atoms with Crippen molar-refractivity contribution in [2.45, 2.75) is 13.5 Å². The molecule has 1 aromatic carbocycles. The van der Waals surface area contributed by atoms with Gasteiger partial charge in [-0.25, -0.2) is 9.78 Å². The van der Waals surface area contributed by atoms with Gasteiger partial charge in [-0.05, 0) is 49.4 Å². The van der Waals surface area contributed by atoms with Crippen molar-refractivity contribution >= 4 is 5.97 Å². The summed E-state index contributed by atoms with van der Waals surface area (Å²) in [4.78, 5) is 16.5. The molecule has 5 nitrogen and oxygen atoms in total. The van der Waals surface area contributed by atoms with E-state index >= 15 is 0 Å². The number of aromatic nitrogens is 1. The van der Waals surface area contributed by atoms with Gasteiger partial charge in [0.15, 0.2) is 0 Å². The fourth-order valence-electron chi connectivity index (χ4n) is 2.20. The van der Waals surface area contributed by atoms with Crippen LogP contribution in [0.15, 0.2) is 65.5 Å². The first-order valence-corrected chi connectivity index (χ1v) is 7.65. The molecule has 24 heavy (non-hydrogen) atoms. The van der Waals surface area contributed by atoms with Crippen molar-refractivity contribution in [3.8, 4) is 17.0 Å². The molecule has 0 fully saturated rings. The smallest absolute Gasteiger partial charge is 0.357 e. The minimum absolute atomic E-state index is 0.157. The van der Waals surface area contributed by atoms with E-state index in [0.717, 1.165) is 16.9 Å². The van der Waals surface area contributed by atoms with Crippen LogP contribution in [-0.2, 0) is 11.3 Å². The Morgan fingerprint density at radius 3 is 2.67 bits per heavy atom. The third-order valence-electron chi connectivity index (χ3n) is 3.37. The normalized spacial score (nSPS) is 10.4. The van der Waals surface area contributed by atoms with Gasteiger partial charge in [-0.15, -0.1) is 0 Å². The maximum absolute atomic E-state index is 12.1. The summed E-state index contributed by atoms with van der Waals surface area (Å²) in [6.45, 7) is 2.72. The van der Waals surface area contributed by atoms with Gasteiger partial charge in [0.2, 0.25) is 0 Å². The third kappa shape index (κ3) is 3.81. The largest absolute Gasteiger partial charge is 0.494 e. The number of rotatable bonds is 6. The molecule has 0 bridgehead atoms. The molecule has 5 heteroatoms. The van der Waals surface area contributed by atoms with E-state index in [2.05, 4.69) is 4.98 Å². The van der Waals surface area contributed by atoms with Crippen LogP contribution < -0.4 is 4.74 Å². The van der Waals surface area contributed by atoms with Gasteiger partial charge in [0, 0.05) is 11.1 Å². The zero-order valence-corrected chi connectivity index (χ0v) is 13.3. The van der Waals surface area contributed by atoms with Gasteiger partial charge < -0.3 is 13.9 Å². The second-order valence-corrected chi connectivity index (χ2v) is 5.07. The number of hydrogen-bond donors (Lipinski definition) is 0. The van der Waals surface area contributed by atoms with Gasteiger partial charge >= 0.3 is 5.97 Å². The van der Waals surface area contributed by atoms with E-state index in [4.69, 9.17) is 13.9 Å². The second-order valence-electron chi connectivity index (χ2n) is 5.07. The summed E-state index contributed by atoms with van der Waals surface area (Å²) in [6.07, 6.45) is 3.07. The summed E-state index contributed by atoms with van der Waals surface area (Å²) in [5, 5.41) is 0. The van der Waals surface area contributed by atoms with Crippen molar-refractivity contribution < 1.29 is 18.7 Å². The second kappa shape index (κ2) is 7.46. The quantitative estimate of drug-likeness (QED) is 0.639. The van der Waals surface area contributed by atoms with E-state index in [0.29, 0.717) is 12.3 Å². The van der Waals surface area contributed by atoms with E-state index in [1.807, 2.05) is 37.3 Å². The summed E-state index contributed by atoms with van der Waals surface area (Å²) in [5.74, 6) is 0.334. The summed E-state index contributed by atoms with van der Waals surface area (Å²) in [7, 11) is 0. The molecule has 2 aromatic heterocycles. The fourth-order valence-corrected chi connectivity index (χ4v) is 2.20. The molecule has 0 spiro atoms. The number of carbonyl (C=O) groups is 1. The van der Waals surface area contributed by atoms with Crippen LogP contribution in [-0.4, -0.2) is 17.6 Å². The predicted molar refractivity (Wildman–Crippen MR) is 88.7 cm³/mol. The highest BCUT2D eigenvalue weighted by Gasteiger charge is 2.11. The van der Waals surface area contributed by atoms with E-state index < -0.39 is 5.97 Å². The van der Waals surface area contributed by atoms with Crippen molar-refractivity contribution in [1.29, 1.82) is 0 Å². The van der Waals surface area contributed by atoms with Crippen LogP contribution >= 0.6 is 0 Å². The molecular formula is C19H17NO4. The average Bonchev–Trinajstić information content (AvgIpc) is 3.14. The average molecular weight is 323 g/mol. The highest BCUT2D eigenvalue weighted by atomic mass is 16.5. The number of esters is 1. The predicted octanol–water partition coefficient (Wildman–Crippen LogP) is 4.10.